The highest BCUT2D eigenvalue weighted by Gasteiger charge is 2.19. The second-order valence-electron chi connectivity index (χ2n) is 5.72. The van der Waals surface area contributed by atoms with E-state index in [4.69, 9.17) is 11.6 Å². The minimum absolute atomic E-state index is 0. The summed E-state index contributed by atoms with van der Waals surface area (Å²) in [7, 11) is 0. The van der Waals surface area contributed by atoms with Gasteiger partial charge < -0.3 is 15.4 Å². The third-order valence-electron chi connectivity index (χ3n) is 3.67. The molecule has 0 fully saturated rings. The molecule has 1 aromatic heterocycles. The van der Waals surface area contributed by atoms with Gasteiger partial charge in [-0.1, -0.05) is 23.7 Å². The molecule has 0 bridgehead atoms. The molecule has 0 saturated heterocycles. The maximum absolute atomic E-state index is 9.97. The molecule has 1 unspecified atom stereocenters. The molecule has 7 heteroatoms. The lowest BCUT2D eigenvalue weighted by Gasteiger charge is -2.27. The molecule has 2 aromatic rings. The van der Waals surface area contributed by atoms with Crippen LogP contribution < -0.4 is 5.32 Å². The molecule has 2 rings (SSSR count). The van der Waals surface area contributed by atoms with Gasteiger partial charge in [-0.2, -0.15) is 0 Å². The van der Waals surface area contributed by atoms with Crippen LogP contribution in [-0.4, -0.2) is 21.6 Å². The number of hydrogen-bond donors (Lipinski definition) is 3. The molecule has 130 valence electrons. The predicted molar refractivity (Wildman–Crippen MR) is 99.8 cm³/mol. The van der Waals surface area contributed by atoms with Crippen LogP contribution >= 0.6 is 36.4 Å². The zero-order valence-corrected chi connectivity index (χ0v) is 15.6. The van der Waals surface area contributed by atoms with Gasteiger partial charge in [-0.15, -0.1) is 24.8 Å². The van der Waals surface area contributed by atoms with E-state index in [0.717, 1.165) is 23.7 Å². The number of aliphatic hydroxyl groups is 1. The molecule has 1 atom stereocenters. The highest BCUT2D eigenvalue weighted by Crippen LogP contribution is 2.22. The van der Waals surface area contributed by atoms with E-state index in [-0.39, 0.29) is 30.4 Å². The van der Waals surface area contributed by atoms with Crippen LogP contribution in [0.25, 0.3) is 0 Å². The molecular weight excluding hydrogens is 357 g/mol. The van der Waals surface area contributed by atoms with Crippen LogP contribution in [0, 0.1) is 0 Å². The van der Waals surface area contributed by atoms with E-state index in [1.54, 1.807) is 12.5 Å². The van der Waals surface area contributed by atoms with Crippen molar-refractivity contribution in [2.24, 2.45) is 0 Å². The molecule has 0 aliphatic heterocycles. The maximum Gasteiger partial charge on any atom is 0.0954 e. The van der Waals surface area contributed by atoms with Crippen LogP contribution in [0.4, 0.5) is 0 Å². The summed E-state index contributed by atoms with van der Waals surface area (Å²) in [5, 5.41) is 14.2. The zero-order valence-electron chi connectivity index (χ0n) is 13.3. The summed E-state index contributed by atoms with van der Waals surface area (Å²) in [4.78, 5) is 6.85. The molecule has 4 nitrogen and oxygen atoms in total. The number of aromatic nitrogens is 2. The summed E-state index contributed by atoms with van der Waals surface area (Å²) in [5.74, 6) is 0. The number of benzene rings is 1. The van der Waals surface area contributed by atoms with Crippen molar-refractivity contribution in [2.45, 2.75) is 38.3 Å². The molecule has 0 aliphatic carbocycles. The van der Waals surface area contributed by atoms with Crippen LogP contribution in [0.3, 0.4) is 0 Å². The first kappa shape index (κ1) is 22.2. The van der Waals surface area contributed by atoms with Crippen molar-refractivity contribution in [1.29, 1.82) is 0 Å². The molecule has 1 aromatic carbocycles. The lowest BCUT2D eigenvalue weighted by Crippen LogP contribution is -2.37. The number of rotatable bonds is 7. The minimum atomic E-state index is -0.479. The van der Waals surface area contributed by atoms with Gasteiger partial charge in [-0.3, -0.25) is 0 Å². The Labute approximate surface area is 154 Å². The Bertz CT molecular complexity index is 544. The van der Waals surface area contributed by atoms with Gasteiger partial charge in [-0.25, -0.2) is 4.98 Å². The third kappa shape index (κ3) is 6.69. The third-order valence-corrected chi connectivity index (χ3v) is 3.92. The van der Waals surface area contributed by atoms with Crippen LogP contribution in [0.1, 0.15) is 44.1 Å². The van der Waals surface area contributed by atoms with Crippen molar-refractivity contribution < 1.29 is 5.11 Å². The molecule has 23 heavy (non-hydrogen) atoms. The van der Waals surface area contributed by atoms with E-state index in [1.807, 2.05) is 24.3 Å². The lowest BCUT2D eigenvalue weighted by atomic mass is 9.94. The second kappa shape index (κ2) is 10.2. The summed E-state index contributed by atoms with van der Waals surface area (Å²) in [6.45, 7) is 5.12. The number of H-pyrrole nitrogens is 1. The van der Waals surface area contributed by atoms with E-state index in [0.29, 0.717) is 6.42 Å². The number of aliphatic hydroxyl groups excluding tert-OH is 1. The second-order valence-corrected chi connectivity index (χ2v) is 6.16. The highest BCUT2D eigenvalue weighted by atomic mass is 35.5. The van der Waals surface area contributed by atoms with E-state index in [2.05, 4.69) is 29.1 Å². The van der Waals surface area contributed by atoms with Gasteiger partial charge in [-0.05, 0) is 50.9 Å². The number of halogens is 3. The average molecular weight is 381 g/mol. The normalized spacial score (nSPS) is 12.2. The molecule has 0 radical (unpaired) electrons. The van der Waals surface area contributed by atoms with Crippen LogP contribution in [0.2, 0.25) is 5.02 Å². The van der Waals surface area contributed by atoms with Crippen molar-refractivity contribution in [3.63, 3.8) is 0 Å². The van der Waals surface area contributed by atoms with E-state index in [9.17, 15) is 5.11 Å². The fraction of sp³-hybridized carbons (Fsp3) is 0.438. The Morgan fingerprint density at radius 1 is 1.26 bits per heavy atom. The molecule has 1 heterocycles. The Kier molecular flexibility index (Phi) is 9.82. The van der Waals surface area contributed by atoms with Crippen molar-refractivity contribution in [2.75, 3.05) is 6.54 Å². The number of aromatic amines is 1. The average Bonchev–Trinajstić information content (AvgIpc) is 2.98. The van der Waals surface area contributed by atoms with Crippen LogP contribution in [0.5, 0.6) is 0 Å². The maximum atomic E-state index is 9.97. The van der Waals surface area contributed by atoms with E-state index in [1.165, 1.54) is 5.56 Å². The van der Waals surface area contributed by atoms with Gasteiger partial charge in [0.1, 0.15) is 0 Å². The zero-order chi connectivity index (χ0) is 15.3. The fourth-order valence-electron chi connectivity index (χ4n) is 2.27. The smallest absolute Gasteiger partial charge is 0.0954 e. The van der Waals surface area contributed by atoms with Crippen molar-refractivity contribution >= 4 is 36.4 Å². The molecule has 0 saturated carbocycles. The summed E-state index contributed by atoms with van der Waals surface area (Å²) >= 11 is 5.92. The highest BCUT2D eigenvalue weighted by molar-refractivity contribution is 6.30. The van der Waals surface area contributed by atoms with E-state index < -0.39 is 6.10 Å². The number of nitrogens with one attached hydrogen (secondary N) is 2. The Balaban J connectivity index is 0.00000242. The Morgan fingerprint density at radius 3 is 2.48 bits per heavy atom. The monoisotopic (exact) mass is 379 g/mol. The number of imidazole rings is 1. The van der Waals surface area contributed by atoms with Crippen molar-refractivity contribution in [1.82, 2.24) is 15.3 Å². The summed E-state index contributed by atoms with van der Waals surface area (Å²) in [6, 6.07) is 7.88. The van der Waals surface area contributed by atoms with Gasteiger partial charge in [0.05, 0.1) is 24.3 Å². The first-order valence-corrected chi connectivity index (χ1v) is 7.54. The molecule has 0 spiro atoms. The topological polar surface area (TPSA) is 60.9 Å². The lowest BCUT2D eigenvalue weighted by molar-refractivity contribution is 0.159. The van der Waals surface area contributed by atoms with Gasteiger partial charge in [0.25, 0.3) is 0 Å². The molecule has 3 N–H and O–H groups in total. The molecule has 0 aliphatic rings. The first-order valence-electron chi connectivity index (χ1n) is 7.16. The standard InChI is InChI=1S/C16H22ClN3O.2ClH/c1-16(2,12-5-7-13(17)8-6-12)20-9-3-4-15(21)14-10-18-11-19-14;;/h5-8,10-11,15,20-21H,3-4,9H2,1-2H3,(H,18,19);2*1H. The summed E-state index contributed by atoms with van der Waals surface area (Å²) in [6.07, 6.45) is 4.35. The first-order chi connectivity index (χ1) is 9.99. The molecule has 0 amide bonds. The number of nitrogens with zero attached hydrogens (tertiary/aromatic N) is 1. The summed E-state index contributed by atoms with van der Waals surface area (Å²) in [5.41, 5.74) is 1.84. The van der Waals surface area contributed by atoms with Gasteiger partial charge >= 0.3 is 0 Å². The minimum Gasteiger partial charge on any atom is -0.387 e. The quantitative estimate of drug-likeness (QED) is 0.629. The van der Waals surface area contributed by atoms with Crippen LogP contribution in [-0.2, 0) is 5.54 Å². The van der Waals surface area contributed by atoms with E-state index >= 15 is 0 Å². The fourth-order valence-corrected chi connectivity index (χ4v) is 2.40. The molecular formula is C16H24Cl3N3O. The van der Waals surface area contributed by atoms with Gasteiger partial charge in [0, 0.05) is 10.6 Å². The van der Waals surface area contributed by atoms with Crippen molar-refractivity contribution in [3.05, 3.63) is 53.1 Å². The number of hydrogen-bond acceptors (Lipinski definition) is 3. The SMILES string of the molecule is CC(C)(NCCCC(O)c1cnc[nH]1)c1ccc(Cl)cc1.Cl.Cl. The largest absolute Gasteiger partial charge is 0.387 e. The van der Waals surface area contributed by atoms with Gasteiger partial charge in [0.2, 0.25) is 0 Å². The van der Waals surface area contributed by atoms with Gasteiger partial charge in [0.15, 0.2) is 0 Å². The van der Waals surface area contributed by atoms with Crippen molar-refractivity contribution in [3.8, 4) is 0 Å². The Hall–Kier alpha value is -0.780. The summed E-state index contributed by atoms with van der Waals surface area (Å²) < 4.78 is 0. The van der Waals surface area contributed by atoms with Crippen LogP contribution in [0.15, 0.2) is 36.8 Å². The predicted octanol–water partition coefficient (Wildman–Crippen LogP) is 4.25. The Morgan fingerprint density at radius 2 is 1.91 bits per heavy atom.